The first-order valence-electron chi connectivity index (χ1n) is 9.65. The summed E-state index contributed by atoms with van der Waals surface area (Å²) in [5, 5.41) is 7.82. The van der Waals surface area contributed by atoms with E-state index in [0.717, 1.165) is 43.9 Å². The molecule has 8 nitrogen and oxygen atoms in total. The molecular formula is C18H27N5O3. The Labute approximate surface area is 153 Å². The maximum Gasteiger partial charge on any atom is 0.253 e. The van der Waals surface area contributed by atoms with E-state index in [1.54, 1.807) is 0 Å². The molecule has 2 amide bonds. The second-order valence-electron chi connectivity index (χ2n) is 7.26. The molecule has 2 fully saturated rings. The molecule has 0 unspecified atom stereocenters. The van der Waals surface area contributed by atoms with E-state index in [2.05, 4.69) is 10.4 Å². The maximum absolute atomic E-state index is 12.6. The van der Waals surface area contributed by atoms with Crippen LogP contribution in [0.2, 0.25) is 0 Å². The highest BCUT2D eigenvalue weighted by atomic mass is 16.5. The van der Waals surface area contributed by atoms with Gasteiger partial charge >= 0.3 is 0 Å². The van der Waals surface area contributed by atoms with Crippen LogP contribution in [-0.2, 0) is 33.8 Å². The third-order valence-electron chi connectivity index (χ3n) is 5.42. The van der Waals surface area contributed by atoms with Crippen LogP contribution in [0.4, 0.5) is 0 Å². The number of hydrogen-bond donors (Lipinski definition) is 1. The number of amides is 2. The summed E-state index contributed by atoms with van der Waals surface area (Å²) in [5.41, 5.74) is 1.98. The topological polar surface area (TPSA) is 79.7 Å². The maximum atomic E-state index is 12.6. The lowest BCUT2D eigenvalue weighted by Crippen LogP contribution is -2.51. The highest BCUT2D eigenvalue weighted by molar-refractivity contribution is 5.81. The number of carbonyl (C=O) groups is 2. The molecule has 0 saturated carbocycles. The van der Waals surface area contributed by atoms with Gasteiger partial charge in [0.1, 0.15) is 6.10 Å². The fourth-order valence-electron chi connectivity index (χ4n) is 3.92. The van der Waals surface area contributed by atoms with Gasteiger partial charge in [-0.15, -0.1) is 0 Å². The summed E-state index contributed by atoms with van der Waals surface area (Å²) in [6, 6.07) is 2.04. The molecule has 8 heteroatoms. The molecule has 0 bridgehead atoms. The minimum absolute atomic E-state index is 0.0513. The van der Waals surface area contributed by atoms with E-state index in [1.807, 2.05) is 20.5 Å². The van der Waals surface area contributed by atoms with Crippen molar-refractivity contribution in [3.63, 3.8) is 0 Å². The van der Waals surface area contributed by atoms with E-state index in [9.17, 15) is 9.59 Å². The van der Waals surface area contributed by atoms with Crippen LogP contribution < -0.4 is 5.32 Å². The Kier molecular flexibility index (Phi) is 5.21. The summed E-state index contributed by atoms with van der Waals surface area (Å²) in [7, 11) is 0. The average Bonchev–Trinajstić information content (AvgIpc) is 3.35. The largest absolute Gasteiger partial charge is 0.366 e. The Morgan fingerprint density at radius 2 is 2.04 bits per heavy atom. The smallest absolute Gasteiger partial charge is 0.253 e. The standard InChI is InChI=1S/C18H27N5O3/c24-17(21-6-1-2-7-21)4-3-14-11-15-13-22(8-9-23(15)20-14)18(25)16-12-19-5-10-26-16/h11,16,19H,1-10,12-13H2/t16-/m1/s1. The minimum Gasteiger partial charge on any atom is -0.366 e. The fourth-order valence-corrected chi connectivity index (χ4v) is 3.92. The molecule has 3 aliphatic heterocycles. The van der Waals surface area contributed by atoms with Gasteiger partial charge in [-0.2, -0.15) is 5.10 Å². The molecule has 26 heavy (non-hydrogen) atoms. The van der Waals surface area contributed by atoms with Gasteiger partial charge in [0.05, 0.1) is 31.1 Å². The molecule has 4 heterocycles. The SMILES string of the molecule is O=C(CCc1cc2n(n1)CCN(C(=O)[C@H]1CNCCO1)C2)N1CCCC1. The predicted molar refractivity (Wildman–Crippen MR) is 94.4 cm³/mol. The van der Waals surface area contributed by atoms with E-state index in [-0.39, 0.29) is 17.9 Å². The fraction of sp³-hybridized carbons (Fsp3) is 0.722. The second-order valence-corrected chi connectivity index (χ2v) is 7.26. The number of morpholine rings is 1. The summed E-state index contributed by atoms with van der Waals surface area (Å²) < 4.78 is 7.55. The quantitative estimate of drug-likeness (QED) is 0.801. The first kappa shape index (κ1) is 17.5. The van der Waals surface area contributed by atoms with Crippen LogP contribution in [0.25, 0.3) is 0 Å². The highest BCUT2D eigenvalue weighted by Crippen LogP contribution is 2.17. The van der Waals surface area contributed by atoms with Gasteiger partial charge in [-0.05, 0) is 18.9 Å². The molecule has 0 spiro atoms. The Hall–Kier alpha value is -1.93. The molecule has 0 radical (unpaired) electrons. The number of ether oxygens (including phenoxy) is 1. The molecule has 1 aromatic rings. The van der Waals surface area contributed by atoms with E-state index >= 15 is 0 Å². The third kappa shape index (κ3) is 3.76. The monoisotopic (exact) mass is 361 g/mol. The van der Waals surface area contributed by atoms with Crippen LogP contribution in [0.1, 0.15) is 30.7 Å². The zero-order valence-electron chi connectivity index (χ0n) is 15.2. The average molecular weight is 361 g/mol. The molecule has 142 valence electrons. The van der Waals surface area contributed by atoms with Crippen molar-refractivity contribution in [2.24, 2.45) is 0 Å². The number of carbonyl (C=O) groups excluding carboxylic acids is 2. The minimum atomic E-state index is -0.379. The number of rotatable bonds is 4. The van der Waals surface area contributed by atoms with E-state index in [4.69, 9.17) is 4.74 Å². The zero-order chi connectivity index (χ0) is 17.9. The number of aryl methyl sites for hydroxylation is 1. The summed E-state index contributed by atoms with van der Waals surface area (Å²) in [4.78, 5) is 28.6. The van der Waals surface area contributed by atoms with E-state index in [1.165, 1.54) is 0 Å². The van der Waals surface area contributed by atoms with Gasteiger partial charge in [0.25, 0.3) is 5.91 Å². The van der Waals surface area contributed by atoms with Crippen LogP contribution in [0.15, 0.2) is 6.07 Å². The lowest BCUT2D eigenvalue weighted by Gasteiger charge is -2.32. The molecule has 0 aromatic carbocycles. The number of aromatic nitrogens is 2. The number of fused-ring (bicyclic) bond motifs is 1. The van der Waals surface area contributed by atoms with Gasteiger partial charge in [0.2, 0.25) is 5.91 Å². The van der Waals surface area contributed by atoms with Gasteiger partial charge in [0, 0.05) is 45.6 Å². The normalized spacial score (nSPS) is 23.2. The molecule has 1 atom stereocenters. The van der Waals surface area contributed by atoms with Gasteiger partial charge in [-0.1, -0.05) is 0 Å². The van der Waals surface area contributed by atoms with Crippen molar-refractivity contribution < 1.29 is 14.3 Å². The van der Waals surface area contributed by atoms with Gasteiger partial charge in [-0.25, -0.2) is 0 Å². The Morgan fingerprint density at radius 3 is 2.81 bits per heavy atom. The summed E-state index contributed by atoms with van der Waals surface area (Å²) in [6.07, 6.45) is 3.04. The first-order chi connectivity index (χ1) is 12.7. The van der Waals surface area contributed by atoms with E-state index in [0.29, 0.717) is 45.6 Å². The van der Waals surface area contributed by atoms with Gasteiger partial charge in [-0.3, -0.25) is 14.3 Å². The van der Waals surface area contributed by atoms with Crippen LogP contribution in [0.5, 0.6) is 0 Å². The molecule has 3 aliphatic rings. The summed E-state index contributed by atoms with van der Waals surface area (Å²) in [5.74, 6) is 0.280. The van der Waals surface area contributed by atoms with Crippen molar-refractivity contribution in [1.82, 2.24) is 24.9 Å². The van der Waals surface area contributed by atoms with E-state index < -0.39 is 0 Å². The second kappa shape index (κ2) is 7.75. The zero-order valence-corrected chi connectivity index (χ0v) is 15.2. The third-order valence-corrected chi connectivity index (χ3v) is 5.42. The Morgan fingerprint density at radius 1 is 1.19 bits per heavy atom. The van der Waals surface area contributed by atoms with Gasteiger partial charge in [0.15, 0.2) is 0 Å². The number of hydrogen-bond acceptors (Lipinski definition) is 5. The van der Waals surface area contributed by atoms with Crippen LogP contribution in [0, 0.1) is 0 Å². The Bertz CT molecular complexity index is 662. The summed E-state index contributed by atoms with van der Waals surface area (Å²) >= 11 is 0. The van der Waals surface area contributed by atoms with Crippen molar-refractivity contribution >= 4 is 11.8 Å². The highest BCUT2D eigenvalue weighted by Gasteiger charge is 2.30. The van der Waals surface area contributed by atoms with Gasteiger partial charge < -0.3 is 19.9 Å². The lowest BCUT2D eigenvalue weighted by atomic mass is 10.2. The molecule has 2 saturated heterocycles. The molecular weight excluding hydrogens is 334 g/mol. The number of likely N-dealkylation sites (tertiary alicyclic amines) is 1. The lowest BCUT2D eigenvalue weighted by molar-refractivity contribution is -0.146. The molecule has 1 aromatic heterocycles. The molecule has 1 N–H and O–H groups in total. The number of nitrogens with zero attached hydrogens (tertiary/aromatic N) is 4. The van der Waals surface area contributed by atoms with Crippen LogP contribution in [0.3, 0.4) is 0 Å². The molecule has 0 aliphatic carbocycles. The summed E-state index contributed by atoms with van der Waals surface area (Å²) in [6.45, 7) is 5.67. The van der Waals surface area contributed by atoms with Crippen molar-refractivity contribution in [2.75, 3.05) is 39.3 Å². The van der Waals surface area contributed by atoms with Crippen LogP contribution >= 0.6 is 0 Å². The van der Waals surface area contributed by atoms with Crippen molar-refractivity contribution in [1.29, 1.82) is 0 Å². The van der Waals surface area contributed by atoms with Crippen molar-refractivity contribution in [2.45, 2.75) is 44.9 Å². The first-order valence-corrected chi connectivity index (χ1v) is 9.65. The van der Waals surface area contributed by atoms with Crippen molar-refractivity contribution in [3.05, 3.63) is 17.5 Å². The molecule has 4 rings (SSSR count). The van der Waals surface area contributed by atoms with Crippen LogP contribution in [-0.4, -0.2) is 76.8 Å². The number of nitrogens with one attached hydrogen (secondary N) is 1. The predicted octanol–water partition coefficient (Wildman–Crippen LogP) is -0.231. The Balaban J connectivity index is 1.33. The van der Waals surface area contributed by atoms with Crippen molar-refractivity contribution in [3.8, 4) is 0 Å².